The van der Waals surface area contributed by atoms with Crippen molar-refractivity contribution in [3.8, 4) is 5.75 Å². The van der Waals surface area contributed by atoms with E-state index in [1.807, 2.05) is 5.43 Å². The van der Waals surface area contributed by atoms with E-state index < -0.39 is 5.91 Å². The van der Waals surface area contributed by atoms with Crippen LogP contribution in [-0.2, 0) is 0 Å². The van der Waals surface area contributed by atoms with Gasteiger partial charge in [0, 0.05) is 0 Å². The Bertz CT molecular complexity index is 257. The minimum atomic E-state index is -0.481. The normalized spacial score (nSPS) is 9.18. The van der Waals surface area contributed by atoms with Crippen molar-refractivity contribution >= 4 is 5.91 Å². The first kappa shape index (κ1) is 7.49. The third-order valence-corrected chi connectivity index (χ3v) is 1.11. The molecular formula is C6H7N3O2. The van der Waals surface area contributed by atoms with Gasteiger partial charge in [-0.3, -0.25) is 10.2 Å². The van der Waals surface area contributed by atoms with Crippen LogP contribution in [0.2, 0.25) is 0 Å². The van der Waals surface area contributed by atoms with Crippen molar-refractivity contribution in [2.24, 2.45) is 5.84 Å². The molecule has 1 amide bonds. The Morgan fingerprint density at radius 1 is 1.64 bits per heavy atom. The van der Waals surface area contributed by atoms with Crippen LogP contribution in [0.1, 0.15) is 10.5 Å². The highest BCUT2D eigenvalue weighted by Gasteiger charge is 2.02. The average molecular weight is 153 g/mol. The van der Waals surface area contributed by atoms with Crippen LogP contribution in [0.5, 0.6) is 5.75 Å². The Labute approximate surface area is 62.8 Å². The Morgan fingerprint density at radius 3 is 2.82 bits per heavy atom. The number of nitrogens with zero attached hydrogens (tertiary/aromatic N) is 1. The minimum Gasteiger partial charge on any atom is -0.506 e. The molecule has 0 aliphatic rings. The highest BCUT2D eigenvalue weighted by atomic mass is 16.3. The molecule has 0 saturated carbocycles. The van der Waals surface area contributed by atoms with Gasteiger partial charge < -0.3 is 5.11 Å². The molecule has 0 bridgehead atoms. The fourth-order valence-corrected chi connectivity index (χ4v) is 0.594. The molecule has 0 aliphatic carbocycles. The second-order valence-electron chi connectivity index (χ2n) is 1.88. The molecule has 0 aromatic carbocycles. The molecule has 0 fully saturated rings. The summed E-state index contributed by atoms with van der Waals surface area (Å²) in [6, 6.07) is 2.73. The second kappa shape index (κ2) is 2.98. The first-order chi connectivity index (χ1) is 5.24. The number of rotatable bonds is 1. The van der Waals surface area contributed by atoms with Crippen molar-refractivity contribution in [1.29, 1.82) is 0 Å². The zero-order valence-electron chi connectivity index (χ0n) is 5.61. The standard InChI is InChI=1S/C6H7N3O2/c7-9-6(11)5-2-1-4(10)3-8-5/h1-3,10H,7H2,(H,9,11). The molecule has 1 rings (SSSR count). The summed E-state index contributed by atoms with van der Waals surface area (Å²) in [5.41, 5.74) is 2.09. The quantitative estimate of drug-likeness (QED) is 0.285. The van der Waals surface area contributed by atoms with E-state index in [1.165, 1.54) is 18.3 Å². The van der Waals surface area contributed by atoms with E-state index in [0.29, 0.717) is 0 Å². The van der Waals surface area contributed by atoms with Crippen LogP contribution in [0, 0.1) is 0 Å². The summed E-state index contributed by atoms with van der Waals surface area (Å²) in [5.74, 6) is 4.37. The van der Waals surface area contributed by atoms with Gasteiger partial charge in [-0.1, -0.05) is 0 Å². The first-order valence-electron chi connectivity index (χ1n) is 2.90. The molecule has 4 N–H and O–H groups in total. The Morgan fingerprint density at radius 2 is 2.36 bits per heavy atom. The maximum atomic E-state index is 10.7. The lowest BCUT2D eigenvalue weighted by molar-refractivity contribution is 0.0948. The summed E-state index contributed by atoms with van der Waals surface area (Å²) >= 11 is 0. The summed E-state index contributed by atoms with van der Waals surface area (Å²) in [7, 11) is 0. The van der Waals surface area contributed by atoms with E-state index in [9.17, 15) is 4.79 Å². The summed E-state index contributed by atoms with van der Waals surface area (Å²) in [4.78, 5) is 14.4. The van der Waals surface area contributed by atoms with Gasteiger partial charge in [0.25, 0.3) is 5.91 Å². The fraction of sp³-hybridized carbons (Fsp3) is 0. The van der Waals surface area contributed by atoms with Gasteiger partial charge in [0.1, 0.15) is 11.4 Å². The van der Waals surface area contributed by atoms with Gasteiger partial charge in [-0.05, 0) is 12.1 Å². The van der Waals surface area contributed by atoms with Crippen molar-refractivity contribution in [2.75, 3.05) is 0 Å². The van der Waals surface area contributed by atoms with Gasteiger partial charge in [0.2, 0.25) is 0 Å². The van der Waals surface area contributed by atoms with Gasteiger partial charge >= 0.3 is 0 Å². The molecule has 1 aromatic rings. The Balaban J connectivity index is 2.90. The maximum absolute atomic E-state index is 10.7. The summed E-state index contributed by atoms with van der Waals surface area (Å²) in [6.07, 6.45) is 1.17. The van der Waals surface area contributed by atoms with Crippen molar-refractivity contribution in [2.45, 2.75) is 0 Å². The number of amides is 1. The number of nitrogens with one attached hydrogen (secondary N) is 1. The van der Waals surface area contributed by atoms with Gasteiger partial charge in [0.15, 0.2) is 0 Å². The Hall–Kier alpha value is -1.62. The summed E-state index contributed by atoms with van der Waals surface area (Å²) in [5, 5.41) is 8.79. The van der Waals surface area contributed by atoms with Crippen LogP contribution < -0.4 is 11.3 Å². The number of hydrazine groups is 1. The second-order valence-corrected chi connectivity index (χ2v) is 1.88. The molecule has 0 unspecified atom stereocenters. The Kier molecular flexibility index (Phi) is 2.03. The van der Waals surface area contributed by atoms with Crippen molar-refractivity contribution < 1.29 is 9.90 Å². The highest BCUT2D eigenvalue weighted by molar-refractivity contribution is 5.91. The molecule has 58 valence electrons. The molecule has 5 heteroatoms. The molecule has 0 spiro atoms. The van der Waals surface area contributed by atoms with Gasteiger partial charge in [0.05, 0.1) is 6.20 Å². The van der Waals surface area contributed by atoms with Crippen molar-refractivity contribution in [3.05, 3.63) is 24.0 Å². The van der Waals surface area contributed by atoms with E-state index in [1.54, 1.807) is 0 Å². The molecular weight excluding hydrogens is 146 g/mol. The van der Waals surface area contributed by atoms with Crippen LogP contribution in [0.4, 0.5) is 0 Å². The number of carbonyl (C=O) groups is 1. The van der Waals surface area contributed by atoms with E-state index >= 15 is 0 Å². The van der Waals surface area contributed by atoms with E-state index in [0.717, 1.165) is 0 Å². The van der Waals surface area contributed by atoms with Crippen LogP contribution >= 0.6 is 0 Å². The molecule has 0 aliphatic heterocycles. The smallest absolute Gasteiger partial charge is 0.283 e. The summed E-state index contributed by atoms with van der Waals surface area (Å²) < 4.78 is 0. The first-order valence-corrected chi connectivity index (χ1v) is 2.90. The molecule has 0 radical (unpaired) electrons. The molecule has 0 saturated heterocycles. The predicted molar refractivity (Wildman–Crippen MR) is 37.6 cm³/mol. The van der Waals surface area contributed by atoms with Crippen LogP contribution in [0.25, 0.3) is 0 Å². The number of aromatic nitrogens is 1. The van der Waals surface area contributed by atoms with Crippen molar-refractivity contribution in [3.63, 3.8) is 0 Å². The van der Waals surface area contributed by atoms with Crippen molar-refractivity contribution in [1.82, 2.24) is 10.4 Å². The van der Waals surface area contributed by atoms with E-state index in [2.05, 4.69) is 4.98 Å². The van der Waals surface area contributed by atoms with Gasteiger partial charge in [-0.25, -0.2) is 10.8 Å². The number of nitrogens with two attached hydrogens (primary N) is 1. The number of pyridine rings is 1. The third kappa shape index (κ3) is 1.65. The van der Waals surface area contributed by atoms with Crippen LogP contribution in [0.3, 0.4) is 0 Å². The van der Waals surface area contributed by atoms with Gasteiger partial charge in [-0.15, -0.1) is 0 Å². The predicted octanol–water partition coefficient (Wildman–Crippen LogP) is -0.609. The lowest BCUT2D eigenvalue weighted by Gasteiger charge is -1.96. The summed E-state index contributed by atoms with van der Waals surface area (Å²) in [6.45, 7) is 0. The number of hydrogen-bond donors (Lipinski definition) is 3. The zero-order chi connectivity index (χ0) is 8.27. The largest absolute Gasteiger partial charge is 0.506 e. The number of aromatic hydroxyl groups is 1. The topological polar surface area (TPSA) is 88.2 Å². The van der Waals surface area contributed by atoms with Gasteiger partial charge in [-0.2, -0.15) is 0 Å². The third-order valence-electron chi connectivity index (χ3n) is 1.11. The SMILES string of the molecule is NNC(=O)c1ccc(O)cn1. The lowest BCUT2D eigenvalue weighted by atomic mass is 10.3. The van der Waals surface area contributed by atoms with E-state index in [4.69, 9.17) is 10.9 Å². The molecule has 5 nitrogen and oxygen atoms in total. The van der Waals surface area contributed by atoms with E-state index in [-0.39, 0.29) is 11.4 Å². The van der Waals surface area contributed by atoms with Crippen LogP contribution in [0.15, 0.2) is 18.3 Å². The zero-order valence-corrected chi connectivity index (χ0v) is 5.61. The minimum absolute atomic E-state index is 0.0126. The number of carbonyl (C=O) groups excluding carboxylic acids is 1. The molecule has 0 atom stereocenters. The average Bonchev–Trinajstić information content (AvgIpc) is 2.05. The highest BCUT2D eigenvalue weighted by Crippen LogP contribution is 2.04. The maximum Gasteiger partial charge on any atom is 0.283 e. The number of hydrogen-bond acceptors (Lipinski definition) is 4. The lowest BCUT2D eigenvalue weighted by Crippen LogP contribution is -2.30. The molecule has 11 heavy (non-hydrogen) atoms. The fourth-order valence-electron chi connectivity index (χ4n) is 0.594. The molecule has 1 heterocycles. The monoisotopic (exact) mass is 153 g/mol. The van der Waals surface area contributed by atoms with Crippen LogP contribution in [-0.4, -0.2) is 16.0 Å². The molecule has 1 aromatic heterocycles. The number of nitrogen functional groups attached to an aromatic ring is 1.